The third-order valence-corrected chi connectivity index (χ3v) is 6.35. The second-order valence-electron chi connectivity index (χ2n) is 6.49. The Hall–Kier alpha value is -1.36. The summed E-state index contributed by atoms with van der Waals surface area (Å²) in [4.78, 5) is 12.3. The van der Waals surface area contributed by atoms with Gasteiger partial charge in [-0.15, -0.1) is 0 Å². The molecule has 0 aliphatic heterocycles. The second-order valence-corrected chi connectivity index (χ2v) is 8.50. The highest BCUT2D eigenvalue weighted by Crippen LogP contribution is 2.60. The van der Waals surface area contributed by atoms with Crippen molar-refractivity contribution in [2.24, 2.45) is 17.6 Å². The van der Waals surface area contributed by atoms with E-state index in [9.17, 15) is 13.2 Å². The normalized spacial score (nSPS) is 29.5. The molecule has 1 amide bonds. The van der Waals surface area contributed by atoms with E-state index in [4.69, 9.17) is 5.73 Å². The topological polar surface area (TPSA) is 77.2 Å². The number of carbonyl (C=O) groups is 1. The zero-order valence-electron chi connectivity index (χ0n) is 12.2. The van der Waals surface area contributed by atoms with Crippen molar-refractivity contribution in [1.82, 2.24) is 0 Å². The number of benzene rings is 1. The molecule has 0 heterocycles. The van der Waals surface area contributed by atoms with Crippen molar-refractivity contribution in [2.45, 2.75) is 42.4 Å². The first-order valence-electron chi connectivity index (χ1n) is 7.46. The largest absolute Gasteiger partial charge is 0.369 e. The fourth-order valence-corrected chi connectivity index (χ4v) is 4.60. The highest BCUT2D eigenvalue weighted by molar-refractivity contribution is 7.90. The van der Waals surface area contributed by atoms with Gasteiger partial charge in [-0.2, -0.15) is 0 Å². The third-order valence-electron chi connectivity index (χ3n) is 5.22. The van der Waals surface area contributed by atoms with E-state index in [1.165, 1.54) is 31.9 Å². The monoisotopic (exact) mass is 307 g/mol. The molecule has 4 nitrogen and oxygen atoms in total. The van der Waals surface area contributed by atoms with Crippen molar-refractivity contribution in [3.05, 3.63) is 29.8 Å². The van der Waals surface area contributed by atoms with Gasteiger partial charge in [-0.25, -0.2) is 8.42 Å². The number of sulfone groups is 1. The van der Waals surface area contributed by atoms with E-state index in [0.29, 0.717) is 11.8 Å². The van der Waals surface area contributed by atoms with Crippen molar-refractivity contribution in [3.8, 4) is 0 Å². The quantitative estimate of drug-likeness (QED) is 0.924. The maximum absolute atomic E-state index is 12.0. The van der Waals surface area contributed by atoms with Crippen LogP contribution in [0.5, 0.6) is 0 Å². The van der Waals surface area contributed by atoms with E-state index >= 15 is 0 Å². The number of hydrogen-bond donors (Lipinski definition) is 1. The second kappa shape index (κ2) is 4.83. The SMILES string of the molecule is CS(=O)(=O)c1ccc([C@@]2(C(N)=O)C[C@H]2C2CCCC2)cc1. The van der Waals surface area contributed by atoms with Crippen LogP contribution in [0.15, 0.2) is 29.2 Å². The predicted octanol–water partition coefficient (Wildman–Crippen LogP) is 2.02. The summed E-state index contributed by atoms with van der Waals surface area (Å²) in [6.45, 7) is 0. The van der Waals surface area contributed by atoms with Crippen LogP contribution in [0.2, 0.25) is 0 Å². The Kier molecular flexibility index (Phi) is 3.35. The van der Waals surface area contributed by atoms with Crippen LogP contribution >= 0.6 is 0 Å². The molecule has 0 spiro atoms. The summed E-state index contributed by atoms with van der Waals surface area (Å²) in [7, 11) is -3.21. The highest BCUT2D eigenvalue weighted by Gasteiger charge is 2.62. The molecule has 21 heavy (non-hydrogen) atoms. The number of primary amides is 1. The van der Waals surface area contributed by atoms with E-state index in [0.717, 1.165) is 12.0 Å². The van der Waals surface area contributed by atoms with Crippen LogP contribution < -0.4 is 5.73 Å². The molecule has 2 atom stereocenters. The summed E-state index contributed by atoms with van der Waals surface area (Å²) in [6, 6.07) is 6.69. The molecule has 2 fully saturated rings. The number of amides is 1. The molecule has 1 aromatic rings. The first kappa shape index (κ1) is 14.6. The summed E-state index contributed by atoms with van der Waals surface area (Å²) < 4.78 is 23.1. The van der Waals surface area contributed by atoms with Gasteiger partial charge in [0.25, 0.3) is 0 Å². The lowest BCUT2D eigenvalue weighted by Crippen LogP contribution is -2.31. The lowest BCUT2D eigenvalue weighted by atomic mass is 9.87. The molecule has 2 aliphatic rings. The Bertz CT molecular complexity index is 659. The summed E-state index contributed by atoms with van der Waals surface area (Å²) in [5.41, 5.74) is 6.00. The van der Waals surface area contributed by atoms with E-state index < -0.39 is 15.3 Å². The standard InChI is InChI=1S/C16H21NO3S/c1-21(19,20)13-8-6-12(7-9-13)16(15(17)18)10-14(16)11-4-2-3-5-11/h6-9,11,14H,2-5,10H2,1H3,(H2,17,18)/t14-,16-/m0/s1. The van der Waals surface area contributed by atoms with Crippen LogP contribution in [0, 0.1) is 11.8 Å². The van der Waals surface area contributed by atoms with Gasteiger partial charge in [0.15, 0.2) is 9.84 Å². The zero-order valence-corrected chi connectivity index (χ0v) is 13.0. The predicted molar refractivity (Wildman–Crippen MR) is 80.5 cm³/mol. The van der Waals surface area contributed by atoms with Gasteiger partial charge >= 0.3 is 0 Å². The highest BCUT2D eigenvalue weighted by atomic mass is 32.2. The van der Waals surface area contributed by atoms with Crippen molar-refractivity contribution in [1.29, 1.82) is 0 Å². The number of nitrogens with two attached hydrogens (primary N) is 1. The fraction of sp³-hybridized carbons (Fsp3) is 0.562. The van der Waals surface area contributed by atoms with Crippen molar-refractivity contribution >= 4 is 15.7 Å². The van der Waals surface area contributed by atoms with Crippen molar-refractivity contribution < 1.29 is 13.2 Å². The third kappa shape index (κ3) is 2.37. The van der Waals surface area contributed by atoms with Crippen LogP contribution in [0.1, 0.15) is 37.7 Å². The molecule has 0 bridgehead atoms. The zero-order chi connectivity index (χ0) is 15.3. The summed E-state index contributed by atoms with van der Waals surface area (Å²) in [6.07, 6.45) is 6.84. The van der Waals surface area contributed by atoms with Crippen LogP contribution in [0.3, 0.4) is 0 Å². The minimum atomic E-state index is -3.21. The molecular weight excluding hydrogens is 286 g/mol. The molecular formula is C16H21NO3S. The lowest BCUT2D eigenvalue weighted by Gasteiger charge is -2.18. The average Bonchev–Trinajstić information content (AvgIpc) is 2.96. The molecule has 114 valence electrons. The van der Waals surface area contributed by atoms with Crippen LogP contribution in [-0.4, -0.2) is 20.6 Å². The lowest BCUT2D eigenvalue weighted by molar-refractivity contribution is -0.121. The van der Waals surface area contributed by atoms with Gasteiger partial charge in [0.1, 0.15) is 0 Å². The Morgan fingerprint density at radius 3 is 2.24 bits per heavy atom. The first-order chi connectivity index (χ1) is 9.85. The summed E-state index contributed by atoms with van der Waals surface area (Å²) in [5.74, 6) is 0.653. The Balaban J connectivity index is 1.91. The minimum Gasteiger partial charge on any atom is -0.369 e. The van der Waals surface area contributed by atoms with E-state index in [2.05, 4.69) is 0 Å². The molecule has 0 unspecified atom stereocenters. The summed E-state index contributed by atoms with van der Waals surface area (Å²) >= 11 is 0. The summed E-state index contributed by atoms with van der Waals surface area (Å²) in [5, 5.41) is 0. The van der Waals surface area contributed by atoms with Crippen LogP contribution in [0.4, 0.5) is 0 Å². The van der Waals surface area contributed by atoms with E-state index in [-0.39, 0.29) is 10.8 Å². The first-order valence-corrected chi connectivity index (χ1v) is 9.35. The number of carbonyl (C=O) groups excluding carboxylic acids is 1. The number of hydrogen-bond acceptors (Lipinski definition) is 3. The van der Waals surface area contributed by atoms with Gasteiger partial charge in [0, 0.05) is 6.26 Å². The molecule has 2 aliphatic carbocycles. The molecule has 3 rings (SSSR count). The molecule has 2 saturated carbocycles. The van der Waals surface area contributed by atoms with Gasteiger partial charge in [0.2, 0.25) is 5.91 Å². The molecule has 5 heteroatoms. The molecule has 0 radical (unpaired) electrons. The fourth-order valence-electron chi connectivity index (χ4n) is 3.97. The van der Waals surface area contributed by atoms with E-state index in [1.54, 1.807) is 24.3 Å². The van der Waals surface area contributed by atoms with Crippen LogP contribution in [0.25, 0.3) is 0 Å². The maximum atomic E-state index is 12.0. The Morgan fingerprint density at radius 1 is 1.19 bits per heavy atom. The molecule has 1 aromatic carbocycles. The van der Waals surface area contributed by atoms with Crippen LogP contribution in [-0.2, 0) is 20.0 Å². The van der Waals surface area contributed by atoms with E-state index in [1.807, 2.05) is 0 Å². The molecule has 2 N–H and O–H groups in total. The van der Waals surface area contributed by atoms with Gasteiger partial charge < -0.3 is 5.73 Å². The van der Waals surface area contributed by atoms with Gasteiger partial charge in [-0.05, 0) is 36.0 Å². The molecule has 0 aromatic heterocycles. The minimum absolute atomic E-state index is 0.272. The maximum Gasteiger partial charge on any atom is 0.228 e. The molecule has 0 saturated heterocycles. The average molecular weight is 307 g/mol. The Morgan fingerprint density at radius 2 is 1.76 bits per heavy atom. The van der Waals surface area contributed by atoms with Gasteiger partial charge in [0.05, 0.1) is 10.3 Å². The van der Waals surface area contributed by atoms with Crippen molar-refractivity contribution in [2.75, 3.05) is 6.26 Å². The van der Waals surface area contributed by atoms with Gasteiger partial charge in [-0.3, -0.25) is 4.79 Å². The Labute approximate surface area is 125 Å². The smallest absolute Gasteiger partial charge is 0.228 e. The number of rotatable bonds is 4. The van der Waals surface area contributed by atoms with Gasteiger partial charge in [-0.1, -0.05) is 37.8 Å². The van der Waals surface area contributed by atoms with Crippen molar-refractivity contribution in [3.63, 3.8) is 0 Å².